The van der Waals surface area contributed by atoms with Crippen LogP contribution in [0.2, 0.25) is 0 Å². The average Bonchev–Trinajstić information content (AvgIpc) is 3.11. The normalized spacial score (nSPS) is 15.0. The second-order valence-electron chi connectivity index (χ2n) is 8.44. The number of hydrogen-bond acceptors (Lipinski definition) is 4. The number of carbonyl (C=O) groups excluding carboxylic acids is 1. The van der Waals surface area contributed by atoms with E-state index in [4.69, 9.17) is 0 Å². The lowest BCUT2D eigenvalue weighted by atomic mass is 10.2. The summed E-state index contributed by atoms with van der Waals surface area (Å²) >= 11 is 0. The van der Waals surface area contributed by atoms with E-state index in [-0.39, 0.29) is 10.8 Å². The SMILES string of the molecule is CCN(c1ccccc1)S(=O)(=O)c1ccc(C(=O)N2CCCN(Cc3ccccc3)CC2)cc1. The van der Waals surface area contributed by atoms with Crippen LogP contribution in [0, 0.1) is 0 Å². The number of benzene rings is 3. The van der Waals surface area contributed by atoms with Crippen molar-refractivity contribution in [3.63, 3.8) is 0 Å². The molecule has 1 heterocycles. The first-order valence-electron chi connectivity index (χ1n) is 11.7. The van der Waals surface area contributed by atoms with Gasteiger partial charge in [-0.25, -0.2) is 8.42 Å². The molecule has 1 aliphatic heterocycles. The van der Waals surface area contributed by atoms with E-state index in [1.165, 1.54) is 22.0 Å². The molecule has 0 radical (unpaired) electrons. The first-order valence-corrected chi connectivity index (χ1v) is 13.2. The Hall–Kier alpha value is -3.16. The molecule has 3 aromatic carbocycles. The second kappa shape index (κ2) is 10.8. The van der Waals surface area contributed by atoms with Gasteiger partial charge in [-0.2, -0.15) is 0 Å². The molecule has 178 valence electrons. The van der Waals surface area contributed by atoms with Gasteiger partial charge in [-0.1, -0.05) is 48.5 Å². The molecule has 4 rings (SSSR count). The molecule has 0 atom stereocenters. The first kappa shape index (κ1) is 24.0. The predicted molar refractivity (Wildman–Crippen MR) is 135 cm³/mol. The van der Waals surface area contributed by atoms with Gasteiger partial charge >= 0.3 is 0 Å². The van der Waals surface area contributed by atoms with Gasteiger partial charge in [-0.3, -0.25) is 14.0 Å². The zero-order valence-corrected chi connectivity index (χ0v) is 20.3. The standard InChI is InChI=1S/C27H31N3O3S/c1-2-30(25-12-7-4-8-13-25)34(32,33)26-16-14-24(15-17-26)27(31)29-19-9-18-28(20-21-29)22-23-10-5-3-6-11-23/h3-8,10-17H,2,9,18-22H2,1H3. The Bertz CT molecular complexity index is 1180. The molecule has 7 heteroatoms. The molecule has 0 aromatic heterocycles. The van der Waals surface area contributed by atoms with Gasteiger partial charge in [-0.05, 0) is 55.3 Å². The summed E-state index contributed by atoms with van der Waals surface area (Å²) in [7, 11) is -3.71. The zero-order valence-electron chi connectivity index (χ0n) is 19.5. The number of rotatable bonds is 7. The maximum Gasteiger partial charge on any atom is 0.264 e. The van der Waals surface area contributed by atoms with Crippen molar-refractivity contribution in [1.82, 2.24) is 9.80 Å². The zero-order chi connectivity index (χ0) is 24.0. The molecule has 0 spiro atoms. The molecular weight excluding hydrogens is 446 g/mol. The fourth-order valence-corrected chi connectivity index (χ4v) is 5.81. The van der Waals surface area contributed by atoms with Crippen molar-refractivity contribution in [2.24, 2.45) is 0 Å². The molecule has 6 nitrogen and oxygen atoms in total. The van der Waals surface area contributed by atoms with Crippen LogP contribution in [0.15, 0.2) is 89.8 Å². The largest absolute Gasteiger partial charge is 0.337 e. The van der Waals surface area contributed by atoms with Crippen molar-refractivity contribution in [3.8, 4) is 0 Å². The van der Waals surface area contributed by atoms with Gasteiger partial charge in [0.15, 0.2) is 0 Å². The molecule has 1 saturated heterocycles. The third-order valence-electron chi connectivity index (χ3n) is 6.15. The Morgan fingerprint density at radius 1 is 0.824 bits per heavy atom. The van der Waals surface area contributed by atoms with Crippen molar-refractivity contribution >= 4 is 21.6 Å². The number of sulfonamides is 1. The average molecular weight is 478 g/mol. The molecule has 34 heavy (non-hydrogen) atoms. The molecule has 1 aliphatic rings. The van der Waals surface area contributed by atoms with Gasteiger partial charge in [0.25, 0.3) is 15.9 Å². The van der Waals surface area contributed by atoms with Crippen LogP contribution in [0.5, 0.6) is 0 Å². The highest BCUT2D eigenvalue weighted by Crippen LogP contribution is 2.24. The molecule has 3 aromatic rings. The lowest BCUT2D eigenvalue weighted by molar-refractivity contribution is 0.0761. The maximum atomic E-state index is 13.2. The van der Waals surface area contributed by atoms with E-state index >= 15 is 0 Å². The van der Waals surface area contributed by atoms with Crippen molar-refractivity contribution in [1.29, 1.82) is 0 Å². The number of nitrogens with zero attached hydrogens (tertiary/aromatic N) is 3. The Labute approximate surface area is 202 Å². The quantitative estimate of drug-likeness (QED) is 0.510. The van der Waals surface area contributed by atoms with Crippen LogP contribution in [0.4, 0.5) is 5.69 Å². The van der Waals surface area contributed by atoms with Crippen molar-refractivity contribution in [2.75, 3.05) is 37.0 Å². The number of amides is 1. The van der Waals surface area contributed by atoms with Gasteiger partial charge in [0.05, 0.1) is 10.6 Å². The van der Waals surface area contributed by atoms with Crippen molar-refractivity contribution in [2.45, 2.75) is 24.8 Å². The van der Waals surface area contributed by atoms with Gasteiger partial charge in [0.1, 0.15) is 0 Å². The lowest BCUT2D eigenvalue weighted by Gasteiger charge is -2.24. The fourth-order valence-electron chi connectivity index (χ4n) is 4.34. The van der Waals surface area contributed by atoms with Crippen LogP contribution in [-0.4, -0.2) is 56.8 Å². The van der Waals surface area contributed by atoms with Gasteiger partial charge in [0.2, 0.25) is 0 Å². The summed E-state index contributed by atoms with van der Waals surface area (Å²) in [6.07, 6.45) is 0.910. The first-order chi connectivity index (χ1) is 16.5. The van der Waals surface area contributed by atoms with Crippen LogP contribution in [0.25, 0.3) is 0 Å². The molecule has 0 bridgehead atoms. The van der Waals surface area contributed by atoms with E-state index in [9.17, 15) is 13.2 Å². The smallest absolute Gasteiger partial charge is 0.264 e. The van der Waals surface area contributed by atoms with Crippen LogP contribution in [0.1, 0.15) is 29.3 Å². The number of anilines is 1. The Kier molecular flexibility index (Phi) is 7.65. The van der Waals surface area contributed by atoms with E-state index in [0.29, 0.717) is 30.9 Å². The molecular formula is C27H31N3O3S. The van der Waals surface area contributed by atoms with E-state index in [0.717, 1.165) is 26.1 Å². The van der Waals surface area contributed by atoms with Crippen molar-refractivity contribution in [3.05, 3.63) is 96.1 Å². The Morgan fingerprint density at radius 3 is 2.12 bits per heavy atom. The predicted octanol–water partition coefficient (Wildman–Crippen LogP) is 4.25. The lowest BCUT2D eigenvalue weighted by Crippen LogP contribution is -2.35. The second-order valence-corrected chi connectivity index (χ2v) is 10.3. The number of para-hydroxylation sites is 1. The Morgan fingerprint density at radius 2 is 1.47 bits per heavy atom. The monoisotopic (exact) mass is 477 g/mol. The molecule has 0 saturated carbocycles. The van der Waals surface area contributed by atoms with Gasteiger partial charge < -0.3 is 4.90 Å². The maximum absolute atomic E-state index is 13.2. The number of hydrogen-bond donors (Lipinski definition) is 0. The summed E-state index contributed by atoms with van der Waals surface area (Å²) < 4.78 is 27.8. The summed E-state index contributed by atoms with van der Waals surface area (Å²) in [4.78, 5) is 17.6. The van der Waals surface area contributed by atoms with Gasteiger partial charge in [0, 0.05) is 44.8 Å². The number of carbonyl (C=O) groups is 1. The third-order valence-corrected chi connectivity index (χ3v) is 8.06. The molecule has 1 amide bonds. The van der Waals surface area contributed by atoms with Crippen LogP contribution >= 0.6 is 0 Å². The minimum absolute atomic E-state index is 0.0547. The Balaban J connectivity index is 1.42. The molecule has 0 N–H and O–H groups in total. The van der Waals surface area contributed by atoms with Crippen LogP contribution in [0.3, 0.4) is 0 Å². The summed E-state index contributed by atoms with van der Waals surface area (Å²) in [6.45, 7) is 6.12. The molecule has 0 unspecified atom stereocenters. The fraction of sp³-hybridized carbons (Fsp3) is 0.296. The van der Waals surface area contributed by atoms with E-state index < -0.39 is 10.0 Å². The highest BCUT2D eigenvalue weighted by Gasteiger charge is 2.25. The molecule has 0 aliphatic carbocycles. The summed E-state index contributed by atoms with van der Waals surface area (Å²) in [6, 6.07) is 25.7. The summed E-state index contributed by atoms with van der Waals surface area (Å²) in [5, 5.41) is 0. The minimum Gasteiger partial charge on any atom is -0.337 e. The van der Waals surface area contributed by atoms with Crippen molar-refractivity contribution < 1.29 is 13.2 Å². The topological polar surface area (TPSA) is 60.9 Å². The van der Waals surface area contributed by atoms with Crippen LogP contribution < -0.4 is 4.31 Å². The van der Waals surface area contributed by atoms with E-state index in [2.05, 4.69) is 17.0 Å². The highest BCUT2D eigenvalue weighted by molar-refractivity contribution is 7.92. The van der Waals surface area contributed by atoms with Gasteiger partial charge in [-0.15, -0.1) is 0 Å². The molecule has 1 fully saturated rings. The minimum atomic E-state index is -3.71. The highest BCUT2D eigenvalue weighted by atomic mass is 32.2. The summed E-state index contributed by atoms with van der Waals surface area (Å²) in [5.41, 5.74) is 2.41. The third kappa shape index (κ3) is 5.48. The van der Waals surface area contributed by atoms with E-state index in [1.807, 2.05) is 48.2 Å². The summed E-state index contributed by atoms with van der Waals surface area (Å²) in [5.74, 6) is -0.0547. The van der Waals surface area contributed by atoms with Crippen LogP contribution in [-0.2, 0) is 16.6 Å². The van der Waals surface area contributed by atoms with E-state index in [1.54, 1.807) is 24.3 Å².